The lowest BCUT2D eigenvalue weighted by molar-refractivity contribution is 0.0824. The van der Waals surface area contributed by atoms with Crippen LogP contribution in [0.5, 0.6) is 0 Å². The Morgan fingerprint density at radius 3 is 2.68 bits per heavy atom. The van der Waals surface area contributed by atoms with Gasteiger partial charge in [-0.15, -0.1) is 0 Å². The summed E-state index contributed by atoms with van der Waals surface area (Å²) in [6.45, 7) is 1.99. The zero-order chi connectivity index (χ0) is 17.9. The van der Waals surface area contributed by atoms with Crippen molar-refractivity contribution >= 4 is 11.6 Å². The van der Waals surface area contributed by atoms with E-state index in [0.29, 0.717) is 17.3 Å². The fourth-order valence-corrected chi connectivity index (χ4v) is 3.35. The molecule has 134 valence electrons. The molecule has 25 heavy (non-hydrogen) atoms. The second kappa shape index (κ2) is 7.25. The van der Waals surface area contributed by atoms with Gasteiger partial charge in [-0.05, 0) is 31.0 Å². The molecule has 0 saturated heterocycles. The van der Waals surface area contributed by atoms with Crippen LogP contribution in [0.25, 0.3) is 0 Å². The van der Waals surface area contributed by atoms with Crippen LogP contribution in [0.15, 0.2) is 28.8 Å². The van der Waals surface area contributed by atoms with Crippen molar-refractivity contribution in [1.82, 2.24) is 15.5 Å². The predicted octanol–water partition coefficient (Wildman–Crippen LogP) is 3.29. The number of carbonyl (C=O) groups excluding carboxylic acids is 1. The second-order valence-electron chi connectivity index (χ2n) is 6.91. The molecule has 0 bridgehead atoms. The highest BCUT2D eigenvalue weighted by molar-refractivity contribution is 5.95. The van der Waals surface area contributed by atoms with Crippen molar-refractivity contribution < 1.29 is 9.32 Å². The van der Waals surface area contributed by atoms with Crippen molar-refractivity contribution in [3.8, 4) is 0 Å². The molecule has 2 aromatic rings. The number of aryl methyl sites for hydroxylation is 1. The monoisotopic (exact) mass is 342 g/mol. The van der Waals surface area contributed by atoms with Gasteiger partial charge in [0.15, 0.2) is 5.82 Å². The average molecular weight is 342 g/mol. The van der Waals surface area contributed by atoms with Crippen LogP contribution in [-0.4, -0.2) is 30.1 Å². The minimum atomic E-state index is -0.552. The van der Waals surface area contributed by atoms with Crippen LogP contribution < -0.4 is 10.2 Å². The summed E-state index contributed by atoms with van der Waals surface area (Å²) in [5, 5.41) is 7.24. The lowest BCUT2D eigenvalue weighted by atomic mass is 9.81. The van der Waals surface area contributed by atoms with Crippen LogP contribution in [0.3, 0.4) is 0 Å². The minimum Gasteiger partial charge on any atom is -0.378 e. The maximum absolute atomic E-state index is 12.9. The molecule has 0 unspecified atom stereocenters. The molecular formula is C19H26N4O2. The van der Waals surface area contributed by atoms with E-state index in [1.54, 1.807) is 0 Å². The average Bonchev–Trinajstić information content (AvgIpc) is 3.12. The van der Waals surface area contributed by atoms with E-state index in [4.69, 9.17) is 4.52 Å². The van der Waals surface area contributed by atoms with Gasteiger partial charge in [-0.3, -0.25) is 4.79 Å². The molecule has 3 rings (SSSR count). The Balaban J connectivity index is 1.87. The molecule has 0 atom stereocenters. The zero-order valence-electron chi connectivity index (χ0n) is 15.2. The number of nitrogens with one attached hydrogen (secondary N) is 1. The van der Waals surface area contributed by atoms with Crippen LogP contribution in [0.2, 0.25) is 0 Å². The van der Waals surface area contributed by atoms with Gasteiger partial charge in [0.2, 0.25) is 0 Å². The van der Waals surface area contributed by atoms with E-state index < -0.39 is 5.54 Å². The first kappa shape index (κ1) is 17.5. The highest BCUT2D eigenvalue weighted by Gasteiger charge is 2.40. The lowest BCUT2D eigenvalue weighted by Gasteiger charge is -2.34. The smallest absolute Gasteiger partial charge is 0.252 e. The van der Waals surface area contributed by atoms with Crippen LogP contribution in [0, 0.1) is 0 Å². The van der Waals surface area contributed by atoms with E-state index in [2.05, 4.69) is 15.5 Å². The summed E-state index contributed by atoms with van der Waals surface area (Å²) in [5.41, 5.74) is 1.09. The first-order chi connectivity index (χ1) is 12.0. The van der Waals surface area contributed by atoms with Gasteiger partial charge in [-0.25, -0.2) is 0 Å². The Morgan fingerprint density at radius 1 is 1.28 bits per heavy atom. The van der Waals surface area contributed by atoms with Gasteiger partial charge < -0.3 is 14.7 Å². The van der Waals surface area contributed by atoms with E-state index in [-0.39, 0.29) is 5.91 Å². The molecule has 1 aromatic heterocycles. The molecule has 1 aromatic carbocycles. The summed E-state index contributed by atoms with van der Waals surface area (Å²) < 4.78 is 5.51. The normalized spacial score (nSPS) is 16.4. The number of anilines is 1. The van der Waals surface area contributed by atoms with Crippen molar-refractivity contribution in [2.24, 2.45) is 0 Å². The number of carbonyl (C=O) groups is 1. The minimum absolute atomic E-state index is 0.0955. The van der Waals surface area contributed by atoms with Gasteiger partial charge in [0, 0.05) is 31.8 Å². The molecule has 6 heteroatoms. The van der Waals surface area contributed by atoms with Gasteiger partial charge in [-0.2, -0.15) is 4.98 Å². The first-order valence-electron chi connectivity index (χ1n) is 8.97. The highest BCUT2D eigenvalue weighted by atomic mass is 16.5. The molecule has 1 fully saturated rings. The number of hydrogen-bond acceptors (Lipinski definition) is 5. The summed E-state index contributed by atoms with van der Waals surface area (Å²) in [5.74, 6) is 1.13. The molecule has 0 aliphatic heterocycles. The Bertz CT molecular complexity index is 733. The number of amides is 1. The maximum Gasteiger partial charge on any atom is 0.252 e. The zero-order valence-corrected chi connectivity index (χ0v) is 15.2. The third kappa shape index (κ3) is 3.67. The summed E-state index contributed by atoms with van der Waals surface area (Å²) >= 11 is 0. The Hall–Kier alpha value is -2.37. The topological polar surface area (TPSA) is 71.3 Å². The van der Waals surface area contributed by atoms with E-state index in [1.807, 2.05) is 50.2 Å². The molecule has 1 saturated carbocycles. The second-order valence-corrected chi connectivity index (χ2v) is 6.91. The van der Waals surface area contributed by atoms with Crippen molar-refractivity contribution in [1.29, 1.82) is 0 Å². The van der Waals surface area contributed by atoms with Crippen LogP contribution >= 0.6 is 0 Å². The van der Waals surface area contributed by atoms with Gasteiger partial charge in [-0.1, -0.05) is 37.4 Å². The Morgan fingerprint density at radius 2 is 2.04 bits per heavy atom. The fourth-order valence-electron chi connectivity index (χ4n) is 3.35. The summed E-state index contributed by atoms with van der Waals surface area (Å²) in [7, 11) is 3.93. The first-order valence-corrected chi connectivity index (χ1v) is 8.97. The van der Waals surface area contributed by atoms with Gasteiger partial charge in [0.05, 0.1) is 0 Å². The maximum atomic E-state index is 12.9. The number of nitrogens with zero attached hydrogens (tertiary/aromatic N) is 3. The Labute approximate surface area is 148 Å². The SMILES string of the molecule is CCc1noc(C2(NC(=O)c3cccc(N(C)C)c3)CCCCC2)n1. The largest absolute Gasteiger partial charge is 0.378 e. The fraction of sp³-hybridized carbons (Fsp3) is 0.526. The Kier molecular flexibility index (Phi) is 5.06. The molecule has 1 N–H and O–H groups in total. The van der Waals surface area contributed by atoms with Crippen molar-refractivity contribution in [3.05, 3.63) is 41.5 Å². The molecule has 0 spiro atoms. The molecule has 6 nitrogen and oxygen atoms in total. The molecule has 1 amide bonds. The van der Waals surface area contributed by atoms with E-state index in [0.717, 1.165) is 37.8 Å². The van der Waals surface area contributed by atoms with Crippen LogP contribution in [0.1, 0.15) is 61.1 Å². The number of benzene rings is 1. The van der Waals surface area contributed by atoms with Gasteiger partial charge in [0.1, 0.15) is 5.54 Å². The lowest BCUT2D eigenvalue weighted by Crippen LogP contribution is -2.47. The molecule has 1 heterocycles. The van der Waals surface area contributed by atoms with Crippen molar-refractivity contribution in [2.75, 3.05) is 19.0 Å². The third-order valence-corrected chi connectivity index (χ3v) is 4.88. The number of hydrogen-bond donors (Lipinski definition) is 1. The summed E-state index contributed by atoms with van der Waals surface area (Å²) in [6.07, 6.45) is 5.64. The third-order valence-electron chi connectivity index (χ3n) is 4.88. The van der Waals surface area contributed by atoms with Gasteiger partial charge >= 0.3 is 0 Å². The standard InChI is InChI=1S/C19H26N4O2/c1-4-16-20-18(25-22-16)19(11-6-5-7-12-19)21-17(24)14-9-8-10-15(13-14)23(2)3/h8-10,13H,4-7,11-12H2,1-3H3,(H,21,24). The molecule has 1 aliphatic carbocycles. The molecule has 0 radical (unpaired) electrons. The van der Waals surface area contributed by atoms with E-state index in [9.17, 15) is 4.79 Å². The van der Waals surface area contributed by atoms with Gasteiger partial charge in [0.25, 0.3) is 11.8 Å². The van der Waals surface area contributed by atoms with E-state index >= 15 is 0 Å². The van der Waals surface area contributed by atoms with Crippen LogP contribution in [-0.2, 0) is 12.0 Å². The highest BCUT2D eigenvalue weighted by Crippen LogP contribution is 2.36. The summed E-state index contributed by atoms with van der Waals surface area (Å²) in [6, 6.07) is 7.62. The molecular weight excluding hydrogens is 316 g/mol. The van der Waals surface area contributed by atoms with Crippen molar-refractivity contribution in [3.63, 3.8) is 0 Å². The number of aromatic nitrogens is 2. The van der Waals surface area contributed by atoms with Crippen LogP contribution in [0.4, 0.5) is 5.69 Å². The predicted molar refractivity (Wildman–Crippen MR) is 96.7 cm³/mol. The number of rotatable bonds is 5. The van der Waals surface area contributed by atoms with Crippen molar-refractivity contribution in [2.45, 2.75) is 51.0 Å². The summed E-state index contributed by atoms with van der Waals surface area (Å²) in [4.78, 5) is 19.4. The van der Waals surface area contributed by atoms with E-state index in [1.165, 1.54) is 6.42 Å². The quantitative estimate of drug-likeness (QED) is 0.903. The molecule has 1 aliphatic rings.